The Balaban J connectivity index is 0. The normalized spacial score (nSPS) is 10.9. The summed E-state index contributed by atoms with van der Waals surface area (Å²) in [6.45, 7) is 4.54. The largest absolute Gasteiger partial charge is 0.370 e. The van der Waals surface area contributed by atoms with Gasteiger partial charge in [-0.25, -0.2) is 0 Å². The second-order valence-corrected chi connectivity index (χ2v) is 6.35. The number of hydrogen-bond donors (Lipinski definition) is 0. The van der Waals surface area contributed by atoms with Gasteiger partial charge in [-0.1, -0.05) is 65.2 Å². The van der Waals surface area contributed by atoms with Crippen molar-refractivity contribution in [2.45, 2.75) is 77.4 Å². The van der Waals surface area contributed by atoms with Gasteiger partial charge in [0.1, 0.15) is 0 Å². The summed E-state index contributed by atoms with van der Waals surface area (Å²) in [6, 6.07) is 0. The lowest BCUT2D eigenvalue weighted by Crippen LogP contribution is -2.27. The Bertz CT molecular complexity index is 156. The number of unbranched alkanes of at least 4 members (excludes halogenated alkanes) is 7. The van der Waals surface area contributed by atoms with Crippen LogP contribution in [0.3, 0.4) is 0 Å². The van der Waals surface area contributed by atoms with Crippen molar-refractivity contribution in [2.24, 2.45) is 0 Å². The summed E-state index contributed by atoms with van der Waals surface area (Å²) in [6.07, 6.45) is 11.2. The molecule has 0 fully saturated rings. The minimum atomic E-state index is -0.152. The molecule has 130 valence electrons. The first kappa shape index (κ1) is 24.4. The molecule has 0 aliphatic rings. The Hall–Kier alpha value is 1.12. The van der Waals surface area contributed by atoms with Crippen molar-refractivity contribution in [3.63, 3.8) is 0 Å². The van der Waals surface area contributed by atoms with Crippen LogP contribution in [0.4, 0.5) is 0 Å². The zero-order valence-corrected chi connectivity index (χ0v) is 16.6. The van der Waals surface area contributed by atoms with E-state index >= 15 is 0 Å². The molecule has 0 rings (SSSR count). The fourth-order valence-electron chi connectivity index (χ4n) is 1.71. The first-order valence-corrected chi connectivity index (χ1v) is 10.2. The summed E-state index contributed by atoms with van der Waals surface area (Å²) in [5.74, 6) is 1.48. The van der Waals surface area contributed by atoms with Crippen molar-refractivity contribution in [1.82, 2.24) is 0 Å². The van der Waals surface area contributed by atoms with E-state index in [0.717, 1.165) is 0 Å². The third-order valence-electron chi connectivity index (χ3n) is 3.03. The van der Waals surface area contributed by atoms with Gasteiger partial charge in [-0.05, 0) is 0 Å². The van der Waals surface area contributed by atoms with Crippen molar-refractivity contribution in [3.05, 3.63) is 0 Å². The van der Waals surface area contributed by atoms with Crippen molar-refractivity contribution < 1.29 is 4.74 Å². The molecule has 0 aliphatic carbocycles. The molecule has 0 aliphatic heterocycles. The van der Waals surface area contributed by atoms with Gasteiger partial charge in [0.2, 0.25) is 0 Å². The molecule has 21 heavy (non-hydrogen) atoms. The van der Waals surface area contributed by atoms with E-state index in [-0.39, 0.29) is 12.2 Å². The minimum absolute atomic E-state index is 0.152. The number of halogens is 4. The van der Waals surface area contributed by atoms with Gasteiger partial charge in [-0.2, -0.15) is 0 Å². The molecular formula is C16H32Cl4O. The van der Waals surface area contributed by atoms with Crippen LogP contribution in [0, 0.1) is 0 Å². The Morgan fingerprint density at radius 3 is 1.10 bits per heavy atom. The molecule has 0 amide bonds. The lowest BCUT2D eigenvalue weighted by molar-refractivity contribution is 0.0378. The highest BCUT2D eigenvalue weighted by Gasteiger charge is 2.13. The van der Waals surface area contributed by atoms with Crippen molar-refractivity contribution in [3.8, 4) is 0 Å². The van der Waals surface area contributed by atoms with Gasteiger partial charge >= 0.3 is 0 Å². The van der Waals surface area contributed by atoms with Gasteiger partial charge < -0.3 is 4.74 Å². The number of hydrogen-bond acceptors (Lipinski definition) is 1. The number of alkyl halides is 4. The molecule has 0 saturated heterocycles. The maximum absolute atomic E-state index is 5.53. The lowest BCUT2D eigenvalue weighted by Gasteiger charge is -2.17. The molecular weight excluding hydrogens is 350 g/mol. The van der Waals surface area contributed by atoms with E-state index in [1.807, 2.05) is 0 Å². The van der Waals surface area contributed by atoms with Crippen LogP contribution in [-0.4, -0.2) is 35.7 Å². The highest BCUT2D eigenvalue weighted by Crippen LogP contribution is 2.07. The summed E-state index contributed by atoms with van der Waals surface area (Å²) in [4.78, 5) is 0. The first-order chi connectivity index (χ1) is 10.2. The van der Waals surface area contributed by atoms with E-state index in [4.69, 9.17) is 51.1 Å². The molecule has 0 bridgehead atoms. The van der Waals surface area contributed by atoms with Crippen LogP contribution >= 0.6 is 46.4 Å². The van der Waals surface area contributed by atoms with Crippen molar-refractivity contribution >= 4 is 46.4 Å². The van der Waals surface area contributed by atoms with Gasteiger partial charge in [0, 0.05) is 23.5 Å². The quantitative estimate of drug-likeness (QED) is 0.250. The highest BCUT2D eigenvalue weighted by atomic mass is 35.5. The summed E-state index contributed by atoms with van der Waals surface area (Å²) in [5.41, 5.74) is 0. The van der Waals surface area contributed by atoms with Gasteiger partial charge in [-0.3, -0.25) is 0 Å². The predicted octanol–water partition coefficient (Wildman–Crippen LogP) is 6.84. The summed E-state index contributed by atoms with van der Waals surface area (Å²) in [5, 5.41) is 0. The summed E-state index contributed by atoms with van der Waals surface area (Å²) < 4.78 is 5.32. The monoisotopic (exact) mass is 380 g/mol. The van der Waals surface area contributed by atoms with Crippen LogP contribution in [0.1, 0.15) is 65.2 Å². The molecule has 0 radical (unpaired) electrons. The van der Waals surface area contributed by atoms with Gasteiger partial charge in [0.25, 0.3) is 0 Å². The molecule has 0 N–H and O–H groups in total. The van der Waals surface area contributed by atoms with E-state index in [1.165, 1.54) is 51.4 Å². The Kier molecular flexibility index (Phi) is 24.5. The van der Waals surface area contributed by atoms with Gasteiger partial charge in [-0.15, -0.1) is 46.4 Å². The maximum Gasteiger partial charge on any atom is 0.0850 e. The van der Waals surface area contributed by atoms with E-state index < -0.39 is 0 Å². The number of rotatable bonds is 13. The fraction of sp³-hybridized carbons (Fsp3) is 1.00. The predicted molar refractivity (Wildman–Crippen MR) is 99.8 cm³/mol. The zero-order chi connectivity index (χ0) is 16.3. The molecule has 0 spiro atoms. The second kappa shape index (κ2) is 21.1. The van der Waals surface area contributed by atoms with Crippen LogP contribution in [0.5, 0.6) is 0 Å². The van der Waals surface area contributed by atoms with Crippen LogP contribution in [0.15, 0.2) is 0 Å². The first-order valence-electron chi connectivity index (χ1n) is 8.09. The van der Waals surface area contributed by atoms with Crippen molar-refractivity contribution in [1.29, 1.82) is 0 Å². The van der Waals surface area contributed by atoms with E-state index in [1.54, 1.807) is 0 Å². The Morgan fingerprint density at radius 2 is 0.857 bits per heavy atom. The SMILES string of the molecule is CCCCCCCCCC.ClCC(CCl)OC(CCl)CCl. The third kappa shape index (κ3) is 19.1. The van der Waals surface area contributed by atoms with E-state index in [2.05, 4.69) is 13.8 Å². The molecule has 0 unspecified atom stereocenters. The molecule has 1 nitrogen and oxygen atoms in total. The molecule has 5 heteroatoms. The van der Waals surface area contributed by atoms with Crippen molar-refractivity contribution in [2.75, 3.05) is 23.5 Å². The van der Waals surface area contributed by atoms with E-state index in [9.17, 15) is 0 Å². The topological polar surface area (TPSA) is 9.23 Å². The average molecular weight is 382 g/mol. The molecule has 0 aromatic heterocycles. The standard InChI is InChI=1S/C10H22.C6H10Cl4O/c1-3-5-7-9-10-8-6-4-2;7-1-5(2-8)11-6(3-9)4-10/h3-10H2,1-2H3;5-6H,1-4H2. The lowest BCUT2D eigenvalue weighted by atomic mass is 10.1. The minimum Gasteiger partial charge on any atom is -0.370 e. The Labute approximate surface area is 152 Å². The van der Waals surface area contributed by atoms with Crippen LogP contribution in [0.2, 0.25) is 0 Å². The van der Waals surface area contributed by atoms with Crippen LogP contribution < -0.4 is 0 Å². The second-order valence-electron chi connectivity index (χ2n) is 5.12. The van der Waals surface area contributed by atoms with Crippen LogP contribution in [0.25, 0.3) is 0 Å². The Morgan fingerprint density at radius 1 is 0.571 bits per heavy atom. The van der Waals surface area contributed by atoms with Gasteiger partial charge in [0.15, 0.2) is 0 Å². The fourth-order valence-corrected chi connectivity index (χ4v) is 2.66. The third-order valence-corrected chi connectivity index (χ3v) is 4.41. The van der Waals surface area contributed by atoms with Crippen LogP contribution in [-0.2, 0) is 4.74 Å². The maximum atomic E-state index is 5.53. The molecule has 0 aromatic rings. The highest BCUT2D eigenvalue weighted by molar-refractivity contribution is 6.22. The molecule has 0 heterocycles. The number of ether oxygens (including phenoxy) is 1. The van der Waals surface area contributed by atoms with Gasteiger partial charge in [0.05, 0.1) is 12.2 Å². The molecule has 0 saturated carbocycles. The smallest absolute Gasteiger partial charge is 0.0850 e. The average Bonchev–Trinajstić information content (AvgIpc) is 2.53. The summed E-state index contributed by atoms with van der Waals surface area (Å²) >= 11 is 22.1. The van der Waals surface area contributed by atoms with E-state index in [0.29, 0.717) is 23.5 Å². The zero-order valence-electron chi connectivity index (χ0n) is 13.6. The molecule has 0 aromatic carbocycles. The summed E-state index contributed by atoms with van der Waals surface area (Å²) in [7, 11) is 0. The molecule has 0 atom stereocenters.